The van der Waals surface area contributed by atoms with Crippen molar-refractivity contribution in [3.8, 4) is 17.2 Å². The van der Waals surface area contributed by atoms with E-state index in [-0.39, 0.29) is 21.7 Å². The summed E-state index contributed by atoms with van der Waals surface area (Å²) in [5.41, 5.74) is 14.0. The van der Waals surface area contributed by atoms with Crippen LogP contribution in [0.1, 0.15) is 115 Å². The number of rotatable bonds is 7. The molecule has 1 aromatic heterocycles. The normalized spacial score (nSPS) is 13.7. The second kappa shape index (κ2) is 14.0. The Morgan fingerprint density at radius 3 is 1.59 bits per heavy atom. The average Bonchev–Trinajstić information content (AvgIpc) is 3.68. The highest BCUT2D eigenvalue weighted by Gasteiger charge is 2.32. The van der Waals surface area contributed by atoms with Gasteiger partial charge in [-0.2, -0.15) is 5.10 Å². The maximum Gasteiger partial charge on any atom is 0.129 e. The Bertz CT molecular complexity index is 2350. The lowest BCUT2D eigenvalue weighted by Crippen LogP contribution is -2.25. The molecule has 5 heteroatoms. The van der Waals surface area contributed by atoms with Gasteiger partial charge in [0.2, 0.25) is 0 Å². The van der Waals surface area contributed by atoms with E-state index in [2.05, 4.69) is 220 Å². The molecule has 0 atom stereocenters. The third-order valence-electron chi connectivity index (χ3n) is 11.5. The second-order valence-corrected chi connectivity index (χ2v) is 19.3. The Hall–Kier alpha value is -5.29. The molecule has 7 rings (SSSR count). The molecular weight excluding hydrogens is 685 g/mol. The molecular formula is C51H60N4O. The van der Waals surface area contributed by atoms with Gasteiger partial charge in [0.1, 0.15) is 18.2 Å². The topological polar surface area (TPSA) is 33.5 Å². The number of benzene rings is 5. The molecule has 0 aliphatic carbocycles. The van der Waals surface area contributed by atoms with Crippen molar-refractivity contribution in [3.63, 3.8) is 0 Å². The summed E-state index contributed by atoms with van der Waals surface area (Å²) in [6.45, 7) is 30.2. The summed E-state index contributed by atoms with van der Waals surface area (Å²) in [4.78, 5) is 4.85. The molecule has 2 heterocycles. The summed E-state index contributed by atoms with van der Waals surface area (Å²) < 4.78 is 8.92. The number of ether oxygens (including phenoxy) is 1. The van der Waals surface area contributed by atoms with E-state index in [0.29, 0.717) is 6.67 Å². The van der Waals surface area contributed by atoms with Crippen LogP contribution in [-0.4, -0.2) is 16.4 Å². The first-order chi connectivity index (χ1) is 26.2. The molecule has 0 fully saturated rings. The largest absolute Gasteiger partial charge is 0.457 e. The van der Waals surface area contributed by atoms with Crippen LogP contribution in [0.4, 0.5) is 22.7 Å². The van der Waals surface area contributed by atoms with E-state index < -0.39 is 0 Å². The van der Waals surface area contributed by atoms with Crippen LogP contribution in [0.15, 0.2) is 115 Å². The summed E-state index contributed by atoms with van der Waals surface area (Å²) in [5.74, 6) is 1.58. The van der Waals surface area contributed by atoms with Gasteiger partial charge < -0.3 is 14.5 Å². The lowest BCUT2D eigenvalue weighted by Gasteiger charge is -2.29. The number of hydrogen-bond donors (Lipinski definition) is 0. The van der Waals surface area contributed by atoms with Crippen LogP contribution in [-0.2, 0) is 21.7 Å². The number of fused-ring (bicyclic) bond motifs is 1. The van der Waals surface area contributed by atoms with E-state index in [1.54, 1.807) is 0 Å². The first-order valence-electron chi connectivity index (χ1n) is 20.1. The van der Waals surface area contributed by atoms with Gasteiger partial charge in [0, 0.05) is 40.2 Å². The molecule has 0 saturated carbocycles. The molecule has 1 aliphatic heterocycles. The van der Waals surface area contributed by atoms with Crippen LogP contribution < -0.4 is 14.5 Å². The Kier molecular flexibility index (Phi) is 9.76. The summed E-state index contributed by atoms with van der Waals surface area (Å²) in [7, 11) is 0. The number of nitrogens with zero attached hydrogens (tertiary/aromatic N) is 4. The van der Waals surface area contributed by atoms with Gasteiger partial charge in [0.25, 0.3) is 0 Å². The molecule has 0 radical (unpaired) electrons. The number of aromatic nitrogens is 2. The van der Waals surface area contributed by atoms with Crippen molar-refractivity contribution >= 4 is 22.7 Å². The summed E-state index contributed by atoms with van der Waals surface area (Å²) in [6.07, 6.45) is 0. The first-order valence-corrected chi connectivity index (χ1v) is 20.1. The highest BCUT2D eigenvalue weighted by atomic mass is 16.5. The van der Waals surface area contributed by atoms with Crippen LogP contribution >= 0.6 is 0 Å². The van der Waals surface area contributed by atoms with Crippen molar-refractivity contribution < 1.29 is 4.74 Å². The standard InChI is InChI=1S/C51H60N4O/c1-34-47(51(12,13)36-20-15-14-16-21-36)35(2)55(52-34)42-29-39(50(9,10)11)30-44(32-42)56-43-23-19-22-40(31-43)53-33-54(46-25-18-17-24-45(46)53)41-27-37(48(3,4)5)26-38(28-41)49(6,7)8/h14-32H,33H2,1-13H3. The molecule has 0 bridgehead atoms. The van der Waals surface area contributed by atoms with Crippen LogP contribution in [0.2, 0.25) is 0 Å². The van der Waals surface area contributed by atoms with E-state index in [0.717, 1.165) is 34.3 Å². The molecule has 56 heavy (non-hydrogen) atoms. The zero-order valence-corrected chi connectivity index (χ0v) is 35.9. The SMILES string of the molecule is Cc1nn(-c2cc(Oc3cccc(N4CN(c5cc(C(C)(C)C)cc(C(C)(C)C)c5)c5ccccc54)c3)cc(C(C)(C)C)c2)c(C)c1C(C)(C)c1ccccc1. The zero-order valence-electron chi connectivity index (χ0n) is 35.9. The number of hydrogen-bond acceptors (Lipinski definition) is 4. The molecule has 0 N–H and O–H groups in total. The Balaban J connectivity index is 1.24. The highest BCUT2D eigenvalue weighted by Crippen LogP contribution is 2.46. The van der Waals surface area contributed by atoms with E-state index in [1.165, 1.54) is 44.9 Å². The minimum absolute atomic E-state index is 0.0285. The van der Waals surface area contributed by atoms with Gasteiger partial charge >= 0.3 is 0 Å². The number of aryl methyl sites for hydroxylation is 1. The fourth-order valence-electron chi connectivity index (χ4n) is 8.14. The monoisotopic (exact) mass is 744 g/mol. The van der Waals surface area contributed by atoms with Crippen LogP contribution in [0.25, 0.3) is 5.69 Å². The predicted octanol–water partition coefficient (Wildman–Crippen LogP) is 13.7. The van der Waals surface area contributed by atoms with Crippen LogP contribution in [0, 0.1) is 13.8 Å². The zero-order chi connectivity index (χ0) is 40.4. The maximum atomic E-state index is 6.81. The van der Waals surface area contributed by atoms with E-state index in [4.69, 9.17) is 9.84 Å². The van der Waals surface area contributed by atoms with Gasteiger partial charge in [-0.1, -0.05) is 131 Å². The predicted molar refractivity (Wildman–Crippen MR) is 236 cm³/mol. The van der Waals surface area contributed by atoms with E-state index in [1.807, 2.05) is 0 Å². The van der Waals surface area contributed by atoms with Crippen molar-refractivity contribution in [1.82, 2.24) is 9.78 Å². The van der Waals surface area contributed by atoms with Gasteiger partial charge in [-0.05, 0) is 101 Å². The molecule has 5 aromatic carbocycles. The minimum atomic E-state index is -0.205. The van der Waals surface area contributed by atoms with Gasteiger partial charge in [0.05, 0.1) is 22.8 Å². The lowest BCUT2D eigenvalue weighted by molar-refractivity contribution is 0.478. The smallest absolute Gasteiger partial charge is 0.129 e. The molecule has 0 saturated heterocycles. The lowest BCUT2D eigenvalue weighted by atomic mass is 9.77. The second-order valence-electron chi connectivity index (χ2n) is 19.3. The van der Waals surface area contributed by atoms with Crippen molar-refractivity contribution in [3.05, 3.63) is 154 Å². The fraction of sp³-hybridized carbons (Fsp3) is 0.353. The summed E-state index contributed by atoms with van der Waals surface area (Å²) in [5, 5.41) is 5.15. The first kappa shape index (κ1) is 39.0. The van der Waals surface area contributed by atoms with Crippen molar-refractivity contribution in [2.24, 2.45) is 0 Å². The van der Waals surface area contributed by atoms with Crippen LogP contribution in [0.5, 0.6) is 11.5 Å². The van der Waals surface area contributed by atoms with E-state index >= 15 is 0 Å². The Labute approximate surface area is 336 Å². The van der Waals surface area contributed by atoms with Crippen molar-refractivity contribution in [2.75, 3.05) is 16.5 Å². The summed E-state index contributed by atoms with van der Waals surface area (Å²) >= 11 is 0. The highest BCUT2D eigenvalue weighted by molar-refractivity contribution is 5.87. The van der Waals surface area contributed by atoms with Gasteiger partial charge in [-0.25, -0.2) is 4.68 Å². The van der Waals surface area contributed by atoms with Crippen LogP contribution in [0.3, 0.4) is 0 Å². The Morgan fingerprint density at radius 2 is 1.00 bits per heavy atom. The number of para-hydroxylation sites is 2. The fourth-order valence-corrected chi connectivity index (χ4v) is 8.14. The maximum absolute atomic E-state index is 6.81. The van der Waals surface area contributed by atoms with Gasteiger partial charge in [-0.15, -0.1) is 0 Å². The third-order valence-corrected chi connectivity index (χ3v) is 11.5. The average molecular weight is 745 g/mol. The third kappa shape index (κ3) is 7.48. The molecule has 0 amide bonds. The molecule has 6 aromatic rings. The minimum Gasteiger partial charge on any atom is -0.457 e. The Morgan fingerprint density at radius 1 is 0.482 bits per heavy atom. The van der Waals surface area contributed by atoms with Crippen molar-refractivity contribution in [2.45, 2.75) is 112 Å². The molecule has 5 nitrogen and oxygen atoms in total. The quantitative estimate of drug-likeness (QED) is 0.163. The van der Waals surface area contributed by atoms with E-state index in [9.17, 15) is 0 Å². The summed E-state index contributed by atoms with van der Waals surface area (Å²) in [6, 6.07) is 41.7. The molecule has 290 valence electrons. The molecule has 0 unspecified atom stereocenters. The van der Waals surface area contributed by atoms with Gasteiger partial charge in [-0.3, -0.25) is 0 Å². The van der Waals surface area contributed by atoms with Crippen molar-refractivity contribution in [1.29, 1.82) is 0 Å². The van der Waals surface area contributed by atoms with Gasteiger partial charge in [0.15, 0.2) is 0 Å². The number of anilines is 4. The molecule has 0 spiro atoms. The molecule has 1 aliphatic rings.